The van der Waals surface area contributed by atoms with Crippen LogP contribution in [0.4, 0.5) is 0 Å². The van der Waals surface area contributed by atoms with E-state index in [1.165, 1.54) is 0 Å². The van der Waals surface area contributed by atoms with Crippen LogP contribution in [-0.2, 0) is 13.0 Å². The molecule has 0 unspecified atom stereocenters. The van der Waals surface area contributed by atoms with E-state index in [9.17, 15) is 10.2 Å². The maximum absolute atomic E-state index is 9.34. The number of rotatable bonds is 9. The van der Waals surface area contributed by atoms with E-state index in [2.05, 4.69) is 0 Å². The number of benzene rings is 3. The molecule has 4 nitrogen and oxygen atoms in total. The van der Waals surface area contributed by atoms with Crippen LogP contribution in [0.3, 0.4) is 0 Å². The van der Waals surface area contributed by atoms with E-state index in [0.29, 0.717) is 24.5 Å². The summed E-state index contributed by atoms with van der Waals surface area (Å²) in [6.45, 7) is -0.0233. The highest BCUT2D eigenvalue weighted by Crippen LogP contribution is 2.29. The lowest BCUT2D eigenvalue weighted by Gasteiger charge is -2.24. The minimum absolute atomic E-state index is 0. The van der Waals surface area contributed by atoms with Gasteiger partial charge < -0.3 is 20.7 Å². The molecular weight excluding hydrogens is 421 g/mol. The molecule has 3 rings (SSSR count). The van der Waals surface area contributed by atoms with Crippen molar-refractivity contribution in [2.45, 2.75) is 25.0 Å². The molecule has 160 valence electrons. The van der Waals surface area contributed by atoms with Gasteiger partial charge in [0, 0.05) is 5.02 Å². The van der Waals surface area contributed by atoms with Crippen LogP contribution in [0.25, 0.3) is 11.1 Å². The van der Waals surface area contributed by atoms with Crippen LogP contribution in [0.1, 0.15) is 17.5 Å². The van der Waals surface area contributed by atoms with Gasteiger partial charge in [0.15, 0.2) is 0 Å². The number of hydrogen-bond acceptors (Lipinski definition) is 4. The van der Waals surface area contributed by atoms with Crippen molar-refractivity contribution in [1.82, 2.24) is 0 Å². The van der Waals surface area contributed by atoms with Crippen molar-refractivity contribution in [3.63, 3.8) is 0 Å². The largest absolute Gasteiger partial charge is 0.489 e. The Morgan fingerprint density at radius 1 is 0.867 bits per heavy atom. The lowest BCUT2D eigenvalue weighted by Crippen LogP contribution is -2.47. The molecule has 0 aliphatic carbocycles. The van der Waals surface area contributed by atoms with Gasteiger partial charge in [-0.3, -0.25) is 0 Å². The molecule has 0 fully saturated rings. The maximum atomic E-state index is 9.34. The summed E-state index contributed by atoms with van der Waals surface area (Å²) in [5, 5.41) is 19.3. The van der Waals surface area contributed by atoms with Gasteiger partial charge in [0.05, 0.1) is 18.8 Å². The van der Waals surface area contributed by atoms with Gasteiger partial charge in [0.2, 0.25) is 0 Å². The Labute approximate surface area is 188 Å². The fourth-order valence-electron chi connectivity index (χ4n) is 3.03. The van der Waals surface area contributed by atoms with Gasteiger partial charge in [0.25, 0.3) is 0 Å². The van der Waals surface area contributed by atoms with Crippen LogP contribution in [0.5, 0.6) is 5.75 Å². The molecule has 0 atom stereocenters. The monoisotopic (exact) mass is 447 g/mol. The summed E-state index contributed by atoms with van der Waals surface area (Å²) in [4.78, 5) is 0. The Kier molecular flexibility index (Phi) is 9.15. The third-order valence-electron chi connectivity index (χ3n) is 4.99. The van der Waals surface area contributed by atoms with Crippen LogP contribution in [0.2, 0.25) is 5.02 Å². The Balaban J connectivity index is 0.00000320. The van der Waals surface area contributed by atoms with Crippen molar-refractivity contribution in [1.29, 1.82) is 0 Å². The van der Waals surface area contributed by atoms with Crippen molar-refractivity contribution >= 4 is 24.0 Å². The average molecular weight is 448 g/mol. The second kappa shape index (κ2) is 11.3. The van der Waals surface area contributed by atoms with Crippen molar-refractivity contribution in [3.8, 4) is 16.9 Å². The molecule has 0 saturated carbocycles. The summed E-state index contributed by atoms with van der Waals surface area (Å²) in [5.74, 6) is 0.797. The molecule has 0 saturated heterocycles. The number of aliphatic hydroxyl groups excluding tert-OH is 2. The number of halogens is 2. The Hall–Kier alpha value is -2.08. The highest BCUT2D eigenvalue weighted by atomic mass is 35.5. The van der Waals surface area contributed by atoms with Crippen LogP contribution in [0.15, 0.2) is 72.8 Å². The number of aryl methyl sites for hydroxylation is 1. The smallest absolute Gasteiger partial charge is 0.120 e. The van der Waals surface area contributed by atoms with Crippen LogP contribution in [-0.4, -0.2) is 29.0 Å². The van der Waals surface area contributed by atoms with E-state index in [4.69, 9.17) is 22.1 Å². The SMILES string of the molecule is Cl.NC(CO)(CO)CCc1ccc(-c2cccc(OCc3ccccc3)c2)cc1Cl. The molecule has 6 heteroatoms. The Morgan fingerprint density at radius 2 is 1.57 bits per heavy atom. The quantitative estimate of drug-likeness (QED) is 0.447. The highest BCUT2D eigenvalue weighted by Gasteiger charge is 2.23. The van der Waals surface area contributed by atoms with Crippen molar-refractivity contribution in [3.05, 3.63) is 88.9 Å². The van der Waals surface area contributed by atoms with E-state index in [-0.39, 0.29) is 25.6 Å². The van der Waals surface area contributed by atoms with E-state index < -0.39 is 5.54 Å². The van der Waals surface area contributed by atoms with Crippen molar-refractivity contribution in [2.24, 2.45) is 5.73 Å². The molecular formula is C24H27Cl2NO3. The maximum Gasteiger partial charge on any atom is 0.120 e. The van der Waals surface area contributed by atoms with E-state index in [1.54, 1.807) is 0 Å². The Bertz CT molecular complexity index is 931. The number of ether oxygens (including phenoxy) is 1. The molecule has 0 radical (unpaired) electrons. The summed E-state index contributed by atoms with van der Waals surface area (Å²) in [7, 11) is 0. The molecule has 4 N–H and O–H groups in total. The lowest BCUT2D eigenvalue weighted by atomic mass is 9.93. The summed E-state index contributed by atoms with van der Waals surface area (Å²) < 4.78 is 5.91. The third-order valence-corrected chi connectivity index (χ3v) is 5.34. The van der Waals surface area contributed by atoms with Gasteiger partial charge in [-0.15, -0.1) is 12.4 Å². The molecule has 0 aliphatic heterocycles. The summed E-state index contributed by atoms with van der Waals surface area (Å²) in [5.41, 5.74) is 9.01. The first kappa shape index (κ1) is 24.2. The normalized spacial score (nSPS) is 11.1. The second-order valence-electron chi connectivity index (χ2n) is 7.29. The predicted molar refractivity (Wildman–Crippen MR) is 124 cm³/mol. The molecule has 3 aromatic carbocycles. The zero-order valence-electron chi connectivity index (χ0n) is 16.6. The molecule has 0 aliphatic rings. The third kappa shape index (κ3) is 6.46. The number of hydrogen-bond donors (Lipinski definition) is 3. The fourth-order valence-corrected chi connectivity index (χ4v) is 3.30. The zero-order valence-corrected chi connectivity index (χ0v) is 18.2. The van der Waals surface area contributed by atoms with E-state index in [0.717, 1.165) is 28.0 Å². The van der Waals surface area contributed by atoms with Crippen LogP contribution >= 0.6 is 24.0 Å². The van der Waals surface area contributed by atoms with Crippen molar-refractivity contribution in [2.75, 3.05) is 13.2 Å². The van der Waals surface area contributed by atoms with Gasteiger partial charge >= 0.3 is 0 Å². The first-order valence-corrected chi connectivity index (χ1v) is 9.97. The second-order valence-corrected chi connectivity index (χ2v) is 7.69. The predicted octanol–water partition coefficient (Wildman–Crippen LogP) is 4.62. The molecule has 0 spiro atoms. The standard InChI is InChI=1S/C24H26ClNO3.ClH/c25-23-14-21(10-9-19(23)11-12-24(26,16-27)17-28)20-7-4-8-22(13-20)29-15-18-5-2-1-3-6-18;/h1-10,13-14,27-28H,11-12,15-17,26H2;1H. The topological polar surface area (TPSA) is 75.7 Å². The molecule has 30 heavy (non-hydrogen) atoms. The average Bonchev–Trinajstić information content (AvgIpc) is 2.77. The molecule has 0 bridgehead atoms. The molecule has 0 aromatic heterocycles. The molecule has 0 heterocycles. The van der Waals surface area contributed by atoms with Crippen LogP contribution < -0.4 is 10.5 Å². The minimum atomic E-state index is -0.994. The Morgan fingerprint density at radius 3 is 2.23 bits per heavy atom. The fraction of sp³-hybridized carbons (Fsp3) is 0.250. The molecule has 0 amide bonds. The zero-order chi connectivity index (χ0) is 20.7. The van der Waals surface area contributed by atoms with Crippen molar-refractivity contribution < 1.29 is 14.9 Å². The van der Waals surface area contributed by atoms with Gasteiger partial charge in [-0.2, -0.15) is 0 Å². The van der Waals surface area contributed by atoms with E-state index in [1.807, 2.05) is 72.8 Å². The number of nitrogens with two attached hydrogens (primary N) is 1. The molecule has 3 aromatic rings. The van der Waals surface area contributed by atoms with Crippen LogP contribution in [0, 0.1) is 0 Å². The van der Waals surface area contributed by atoms with Gasteiger partial charge in [-0.1, -0.05) is 66.2 Å². The first-order valence-electron chi connectivity index (χ1n) is 9.59. The minimum Gasteiger partial charge on any atom is -0.489 e. The lowest BCUT2D eigenvalue weighted by molar-refractivity contribution is 0.115. The summed E-state index contributed by atoms with van der Waals surface area (Å²) in [6.07, 6.45) is 1.03. The summed E-state index contributed by atoms with van der Waals surface area (Å²) in [6, 6.07) is 23.8. The number of aliphatic hydroxyl groups is 2. The van der Waals surface area contributed by atoms with Gasteiger partial charge in [0.1, 0.15) is 12.4 Å². The summed E-state index contributed by atoms with van der Waals surface area (Å²) >= 11 is 6.48. The van der Waals surface area contributed by atoms with E-state index >= 15 is 0 Å². The first-order chi connectivity index (χ1) is 14.0. The van der Waals surface area contributed by atoms with Gasteiger partial charge in [-0.05, 0) is 53.3 Å². The highest BCUT2D eigenvalue weighted by molar-refractivity contribution is 6.31. The van der Waals surface area contributed by atoms with Gasteiger partial charge in [-0.25, -0.2) is 0 Å².